The minimum absolute atomic E-state index is 0.108. The molecule has 0 radical (unpaired) electrons. The molecular formula is C30H35N5O3S3. The van der Waals surface area contributed by atoms with E-state index < -0.39 is 0 Å². The number of ether oxygens (including phenoxy) is 1. The second-order valence-corrected chi connectivity index (χ2v) is 12.8. The number of fused-ring (bicyclic) bond motifs is 1. The molecule has 1 saturated heterocycles. The molecule has 1 amide bonds. The average Bonchev–Trinajstić information content (AvgIpc) is 3.44. The highest BCUT2D eigenvalue weighted by molar-refractivity contribution is 7.99. The highest BCUT2D eigenvalue weighted by Crippen LogP contribution is 2.41. The summed E-state index contributed by atoms with van der Waals surface area (Å²) in [7, 11) is 0. The van der Waals surface area contributed by atoms with Gasteiger partial charge in [-0.1, -0.05) is 42.5 Å². The molecule has 1 unspecified atom stereocenters. The molecule has 2 aromatic carbocycles. The number of thioether (sulfide) groups is 2. The zero-order valence-electron chi connectivity index (χ0n) is 22.7. The highest BCUT2D eigenvalue weighted by Gasteiger charge is 2.21. The van der Waals surface area contributed by atoms with Crippen molar-refractivity contribution in [1.29, 1.82) is 0 Å². The van der Waals surface area contributed by atoms with E-state index in [2.05, 4.69) is 44.5 Å². The number of carbonyl (C=O) groups excluding carboxylic acids is 1. The third-order valence-corrected chi connectivity index (χ3v) is 9.55. The molecule has 3 heterocycles. The maximum absolute atomic E-state index is 13.4. The summed E-state index contributed by atoms with van der Waals surface area (Å²) in [6.45, 7) is 3.62. The standard InChI is InChI=1S/C30H35N5O3S3/c31-27-26(23-7-4-8-32-30(23)39)25(38-12-11-36)16-21-15-24(34-28(21)27)29(37)33-17-22(18-35-9-13-40-14-10-35)41-19-20-5-2-1-3-6-20/h1-8,15-16,22,34,36H,9-14,17-19,31H2,(H,32,39)(H,33,37). The van der Waals surface area contributed by atoms with Crippen LogP contribution in [0.2, 0.25) is 0 Å². The van der Waals surface area contributed by atoms with Crippen molar-refractivity contribution in [1.82, 2.24) is 20.2 Å². The smallest absolute Gasteiger partial charge is 0.267 e. The maximum Gasteiger partial charge on any atom is 0.267 e. The van der Waals surface area contributed by atoms with E-state index in [9.17, 15) is 9.90 Å². The number of nitrogens with one attached hydrogen (secondary N) is 3. The van der Waals surface area contributed by atoms with Crippen molar-refractivity contribution in [2.75, 3.05) is 56.6 Å². The molecule has 1 aliphatic rings. The number of benzene rings is 2. The van der Waals surface area contributed by atoms with E-state index in [1.807, 2.05) is 47.8 Å². The monoisotopic (exact) mass is 609 g/mol. The second kappa shape index (κ2) is 14.3. The Labute approximate surface area is 253 Å². The molecule has 216 valence electrons. The van der Waals surface area contributed by atoms with Crippen LogP contribution in [0.1, 0.15) is 16.1 Å². The van der Waals surface area contributed by atoms with Crippen molar-refractivity contribution in [3.63, 3.8) is 0 Å². The van der Waals surface area contributed by atoms with Crippen LogP contribution in [-0.2, 0) is 5.75 Å². The first-order valence-electron chi connectivity index (χ1n) is 13.6. The summed E-state index contributed by atoms with van der Waals surface area (Å²) < 4.78 is 6.37. The number of aromatic amines is 2. The van der Waals surface area contributed by atoms with E-state index in [-0.39, 0.29) is 24.4 Å². The lowest BCUT2D eigenvalue weighted by molar-refractivity contribution is 0.0948. The molecule has 0 aliphatic carbocycles. The third kappa shape index (κ3) is 7.47. The van der Waals surface area contributed by atoms with Gasteiger partial charge in [-0.3, -0.25) is 4.79 Å². The molecule has 6 N–H and O–H groups in total. The van der Waals surface area contributed by atoms with Crippen LogP contribution in [0.15, 0.2) is 60.8 Å². The van der Waals surface area contributed by atoms with Crippen LogP contribution in [-0.4, -0.2) is 82.0 Å². The molecule has 2 aromatic heterocycles. The fourth-order valence-electron chi connectivity index (χ4n) is 4.90. The summed E-state index contributed by atoms with van der Waals surface area (Å²) in [6.07, 6.45) is 1.75. The van der Waals surface area contributed by atoms with Gasteiger partial charge in [0.1, 0.15) is 22.7 Å². The van der Waals surface area contributed by atoms with Crippen molar-refractivity contribution in [3.8, 4) is 16.9 Å². The largest absolute Gasteiger partial charge is 0.490 e. The molecule has 1 atom stereocenters. The zero-order chi connectivity index (χ0) is 28.6. The summed E-state index contributed by atoms with van der Waals surface area (Å²) >= 11 is 9.39. The predicted molar refractivity (Wildman–Crippen MR) is 174 cm³/mol. The third-order valence-electron chi connectivity index (χ3n) is 6.99. The summed E-state index contributed by atoms with van der Waals surface area (Å²) in [5, 5.41) is 13.5. The van der Waals surface area contributed by atoms with Gasteiger partial charge in [0.15, 0.2) is 0 Å². The highest BCUT2D eigenvalue weighted by atomic mass is 32.2. The number of aromatic nitrogens is 2. The van der Waals surface area contributed by atoms with Gasteiger partial charge < -0.3 is 35.8 Å². The van der Waals surface area contributed by atoms with Crippen molar-refractivity contribution >= 4 is 58.2 Å². The number of anilines is 1. The zero-order valence-corrected chi connectivity index (χ0v) is 25.2. The molecule has 1 fully saturated rings. The fraction of sp³-hybridized carbons (Fsp3) is 0.333. The van der Waals surface area contributed by atoms with Gasteiger partial charge in [0.2, 0.25) is 0 Å². The van der Waals surface area contributed by atoms with E-state index in [1.54, 1.807) is 12.3 Å². The lowest BCUT2D eigenvalue weighted by atomic mass is 10.0. The Morgan fingerprint density at radius 3 is 2.76 bits per heavy atom. The van der Waals surface area contributed by atoms with Gasteiger partial charge in [0.05, 0.1) is 23.4 Å². The normalized spacial score (nSPS) is 14.7. The Morgan fingerprint density at radius 1 is 1.20 bits per heavy atom. The summed E-state index contributed by atoms with van der Waals surface area (Å²) in [4.78, 5) is 22.1. The molecule has 8 nitrogen and oxygen atoms in total. The van der Waals surface area contributed by atoms with Gasteiger partial charge in [-0.2, -0.15) is 23.5 Å². The number of H-pyrrole nitrogens is 2. The lowest BCUT2D eigenvalue weighted by Crippen LogP contribution is -2.42. The quantitative estimate of drug-likeness (QED) is 0.113. The van der Waals surface area contributed by atoms with Crippen LogP contribution in [0, 0.1) is 4.64 Å². The number of nitrogens with two attached hydrogens (primary N) is 1. The number of amides is 1. The van der Waals surface area contributed by atoms with Crippen LogP contribution in [0.4, 0.5) is 5.69 Å². The molecule has 0 saturated carbocycles. The molecule has 41 heavy (non-hydrogen) atoms. The predicted octanol–water partition coefficient (Wildman–Crippen LogP) is 4.93. The van der Waals surface area contributed by atoms with E-state index in [0.717, 1.165) is 42.3 Å². The number of hydrogen-bond donors (Lipinski definition) is 5. The number of hydrogen-bond acceptors (Lipinski definition) is 8. The van der Waals surface area contributed by atoms with Crippen LogP contribution in [0.3, 0.4) is 0 Å². The van der Waals surface area contributed by atoms with Gasteiger partial charge in [0.25, 0.3) is 5.91 Å². The Morgan fingerprint density at radius 2 is 2.00 bits per heavy atom. The minimum atomic E-state index is -0.184. The van der Waals surface area contributed by atoms with Gasteiger partial charge >= 0.3 is 0 Å². The Hall–Kier alpha value is -2.96. The van der Waals surface area contributed by atoms with E-state index in [1.165, 1.54) is 5.56 Å². The number of pyridine rings is 1. The maximum atomic E-state index is 13.4. The molecular weight excluding hydrogens is 575 g/mol. The molecule has 0 spiro atoms. The molecule has 5 rings (SSSR count). The van der Waals surface area contributed by atoms with E-state index in [4.69, 9.17) is 22.7 Å². The first kappa shape index (κ1) is 29.5. The number of carbonyl (C=O) groups is 1. The van der Waals surface area contributed by atoms with Crippen LogP contribution < -0.4 is 15.8 Å². The Kier molecular flexibility index (Phi) is 10.3. The first-order chi connectivity index (χ1) is 20.0. The van der Waals surface area contributed by atoms with Gasteiger partial charge in [-0.15, -0.1) is 0 Å². The Balaban J connectivity index is 1.35. The van der Waals surface area contributed by atoms with Crippen molar-refractivity contribution < 1.29 is 14.6 Å². The fourth-order valence-corrected chi connectivity index (χ4v) is 7.26. The summed E-state index contributed by atoms with van der Waals surface area (Å²) in [5.41, 5.74) is 10.8. The van der Waals surface area contributed by atoms with Crippen LogP contribution in [0.25, 0.3) is 22.0 Å². The van der Waals surface area contributed by atoms with Gasteiger partial charge in [0, 0.05) is 65.8 Å². The lowest BCUT2D eigenvalue weighted by Gasteiger charge is -2.30. The summed E-state index contributed by atoms with van der Waals surface area (Å²) in [5.74, 6) is 3.51. The molecule has 1 aliphatic heterocycles. The molecule has 11 heteroatoms. The number of nitrogens with zero attached hydrogens (tertiary/aromatic N) is 1. The topological polar surface area (TPSA) is 119 Å². The minimum Gasteiger partial charge on any atom is -0.490 e. The first-order valence-corrected chi connectivity index (χ1v) is 16.3. The number of aliphatic hydroxyl groups is 1. The number of nitrogen functional groups attached to an aromatic ring is 1. The van der Waals surface area contributed by atoms with Gasteiger partial charge in [-0.25, -0.2) is 0 Å². The second-order valence-electron chi connectivity index (χ2n) is 9.84. The number of aliphatic hydroxyl groups excluding tert-OH is 1. The molecule has 4 aromatic rings. The summed E-state index contributed by atoms with van der Waals surface area (Å²) in [6, 6.07) is 17.8. The van der Waals surface area contributed by atoms with E-state index in [0.29, 0.717) is 45.0 Å². The van der Waals surface area contributed by atoms with Crippen LogP contribution in [0.5, 0.6) is 5.75 Å². The van der Waals surface area contributed by atoms with E-state index >= 15 is 0 Å². The van der Waals surface area contributed by atoms with Gasteiger partial charge in [-0.05, 0) is 29.8 Å². The average molecular weight is 610 g/mol. The molecule has 0 bridgehead atoms. The number of rotatable bonds is 12. The Bertz CT molecular complexity index is 1520. The SMILES string of the molecule is Nc1c(-c2ccc[nH]c2=S)c(OCCO)cc2cc(C(=O)NCC(CN3CCSCC3)SCc3ccccc3)[nH]c12. The van der Waals surface area contributed by atoms with Crippen LogP contribution >= 0.6 is 35.7 Å². The van der Waals surface area contributed by atoms with Crippen molar-refractivity contribution in [2.45, 2.75) is 11.0 Å². The van der Waals surface area contributed by atoms with Crippen molar-refractivity contribution in [2.24, 2.45) is 0 Å². The van der Waals surface area contributed by atoms with Crippen molar-refractivity contribution in [3.05, 3.63) is 76.7 Å².